The van der Waals surface area contributed by atoms with Crippen molar-refractivity contribution in [3.63, 3.8) is 0 Å². The maximum atomic E-state index is 13.0. The van der Waals surface area contributed by atoms with E-state index in [1.165, 1.54) is 6.42 Å². The number of likely N-dealkylation sites (tertiary alicyclic amines) is 1. The Morgan fingerprint density at radius 3 is 2.73 bits per heavy atom. The number of rotatable bonds is 3. The molecule has 1 amide bonds. The molecule has 4 heteroatoms. The third kappa shape index (κ3) is 2.47. The van der Waals surface area contributed by atoms with Crippen molar-refractivity contribution in [2.75, 3.05) is 6.54 Å². The zero-order valence-corrected chi connectivity index (χ0v) is 13.0. The van der Waals surface area contributed by atoms with Crippen molar-refractivity contribution in [1.82, 2.24) is 4.90 Å². The summed E-state index contributed by atoms with van der Waals surface area (Å²) in [4.78, 5) is 15.0. The molecular weight excluding hydrogens is 278 g/mol. The van der Waals surface area contributed by atoms with Crippen molar-refractivity contribution < 1.29 is 14.3 Å². The molecule has 4 nitrogen and oxygen atoms in total. The predicted octanol–water partition coefficient (Wildman–Crippen LogP) is 3.31. The molecule has 1 aliphatic heterocycles. The first kappa shape index (κ1) is 14.3. The second-order valence-electron chi connectivity index (χ2n) is 7.20. The van der Waals surface area contributed by atoms with Gasteiger partial charge in [0.15, 0.2) is 0 Å². The lowest BCUT2D eigenvalue weighted by molar-refractivity contribution is 0.0211. The lowest BCUT2D eigenvalue weighted by Crippen LogP contribution is -2.45. The lowest BCUT2D eigenvalue weighted by atomic mass is 9.80. The van der Waals surface area contributed by atoms with Crippen molar-refractivity contribution in [2.45, 2.75) is 69.4 Å². The van der Waals surface area contributed by atoms with Crippen LogP contribution in [0.1, 0.15) is 73.4 Å². The SMILES string of the molecule is O=C(c1ccoc1C1CC1)N1CCC[C@@H]1[C@H]1CCCC[C@H]1O. The van der Waals surface area contributed by atoms with E-state index in [2.05, 4.69) is 0 Å². The summed E-state index contributed by atoms with van der Waals surface area (Å²) in [6.07, 6.45) is 10.0. The van der Waals surface area contributed by atoms with Crippen LogP contribution < -0.4 is 0 Å². The summed E-state index contributed by atoms with van der Waals surface area (Å²) in [5.41, 5.74) is 0.764. The Bertz CT molecular complexity index is 548. The van der Waals surface area contributed by atoms with Crippen LogP contribution in [0.25, 0.3) is 0 Å². The fourth-order valence-corrected chi connectivity index (χ4v) is 4.39. The highest BCUT2D eigenvalue weighted by Crippen LogP contribution is 2.43. The van der Waals surface area contributed by atoms with Crippen LogP contribution in [-0.4, -0.2) is 34.6 Å². The van der Waals surface area contributed by atoms with E-state index >= 15 is 0 Å². The average molecular weight is 303 g/mol. The summed E-state index contributed by atoms with van der Waals surface area (Å²) < 4.78 is 5.57. The summed E-state index contributed by atoms with van der Waals surface area (Å²) >= 11 is 0. The zero-order valence-electron chi connectivity index (χ0n) is 13.0. The lowest BCUT2D eigenvalue weighted by Gasteiger charge is -2.37. The Labute approximate surface area is 131 Å². The molecule has 4 rings (SSSR count). The molecule has 2 aliphatic carbocycles. The molecule has 1 N–H and O–H groups in total. The van der Waals surface area contributed by atoms with E-state index in [0.29, 0.717) is 5.92 Å². The Balaban J connectivity index is 1.55. The third-order valence-corrected chi connectivity index (χ3v) is 5.71. The normalized spacial score (nSPS) is 32.4. The van der Waals surface area contributed by atoms with Gasteiger partial charge in [0.1, 0.15) is 5.76 Å². The second kappa shape index (κ2) is 5.73. The number of amides is 1. The van der Waals surface area contributed by atoms with Gasteiger partial charge in [-0.1, -0.05) is 12.8 Å². The van der Waals surface area contributed by atoms with Gasteiger partial charge in [0, 0.05) is 24.4 Å². The number of nitrogens with zero attached hydrogens (tertiary/aromatic N) is 1. The van der Waals surface area contributed by atoms with Crippen molar-refractivity contribution in [3.05, 3.63) is 23.7 Å². The van der Waals surface area contributed by atoms with E-state index < -0.39 is 0 Å². The topological polar surface area (TPSA) is 53.7 Å². The molecule has 3 atom stereocenters. The number of furan rings is 1. The summed E-state index contributed by atoms with van der Waals surface area (Å²) in [6.45, 7) is 0.821. The van der Waals surface area contributed by atoms with Crippen LogP contribution in [0.3, 0.4) is 0 Å². The quantitative estimate of drug-likeness (QED) is 0.932. The summed E-state index contributed by atoms with van der Waals surface area (Å²) in [5, 5.41) is 10.4. The zero-order chi connectivity index (χ0) is 15.1. The van der Waals surface area contributed by atoms with Gasteiger partial charge in [0.25, 0.3) is 5.91 Å². The summed E-state index contributed by atoms with van der Waals surface area (Å²) in [6, 6.07) is 2.05. The number of aliphatic hydroxyl groups excluding tert-OH is 1. The molecule has 0 aromatic carbocycles. The fourth-order valence-electron chi connectivity index (χ4n) is 4.39. The molecule has 0 unspecified atom stereocenters. The van der Waals surface area contributed by atoms with E-state index in [9.17, 15) is 9.90 Å². The van der Waals surface area contributed by atoms with Gasteiger partial charge in [-0.15, -0.1) is 0 Å². The van der Waals surface area contributed by atoms with Gasteiger partial charge < -0.3 is 14.4 Å². The minimum atomic E-state index is -0.237. The van der Waals surface area contributed by atoms with Crippen molar-refractivity contribution in [2.24, 2.45) is 5.92 Å². The van der Waals surface area contributed by atoms with Gasteiger partial charge in [-0.2, -0.15) is 0 Å². The van der Waals surface area contributed by atoms with Gasteiger partial charge in [0.05, 0.1) is 17.9 Å². The Hall–Kier alpha value is -1.29. The second-order valence-corrected chi connectivity index (χ2v) is 7.20. The van der Waals surface area contributed by atoms with Crippen molar-refractivity contribution >= 4 is 5.91 Å². The number of hydrogen-bond donors (Lipinski definition) is 1. The molecule has 22 heavy (non-hydrogen) atoms. The predicted molar refractivity (Wildman–Crippen MR) is 82.7 cm³/mol. The maximum Gasteiger partial charge on any atom is 0.257 e. The Morgan fingerprint density at radius 2 is 1.95 bits per heavy atom. The molecule has 3 aliphatic rings. The van der Waals surface area contributed by atoms with Gasteiger partial charge in [-0.05, 0) is 44.6 Å². The largest absolute Gasteiger partial charge is 0.468 e. The number of aliphatic hydroxyl groups is 1. The van der Waals surface area contributed by atoms with Gasteiger partial charge in [0.2, 0.25) is 0 Å². The highest BCUT2D eigenvalue weighted by atomic mass is 16.3. The molecular formula is C18H25NO3. The molecule has 120 valence electrons. The Kier molecular flexibility index (Phi) is 3.73. The van der Waals surface area contributed by atoms with Gasteiger partial charge >= 0.3 is 0 Å². The molecule has 1 aromatic heterocycles. The Morgan fingerprint density at radius 1 is 1.14 bits per heavy atom. The first-order chi connectivity index (χ1) is 10.8. The molecule has 1 aromatic rings. The van der Waals surface area contributed by atoms with Crippen LogP contribution in [-0.2, 0) is 0 Å². The van der Waals surface area contributed by atoms with Gasteiger partial charge in [-0.25, -0.2) is 0 Å². The molecule has 0 radical (unpaired) electrons. The van der Waals surface area contributed by atoms with Gasteiger partial charge in [-0.3, -0.25) is 4.79 Å². The van der Waals surface area contributed by atoms with E-state index in [1.807, 2.05) is 11.0 Å². The number of hydrogen-bond acceptors (Lipinski definition) is 3. The van der Waals surface area contributed by atoms with E-state index in [-0.39, 0.29) is 24.0 Å². The third-order valence-electron chi connectivity index (χ3n) is 5.71. The highest BCUT2D eigenvalue weighted by Gasteiger charge is 2.41. The standard InChI is InChI=1S/C18H25NO3/c20-16-6-2-1-4-13(16)15-5-3-10-19(15)18(21)14-9-11-22-17(14)12-7-8-12/h9,11-13,15-16,20H,1-8,10H2/t13-,15-,16-/m1/s1. The first-order valence-corrected chi connectivity index (χ1v) is 8.82. The molecule has 2 heterocycles. The maximum absolute atomic E-state index is 13.0. The first-order valence-electron chi connectivity index (χ1n) is 8.82. The van der Waals surface area contributed by atoms with E-state index in [4.69, 9.17) is 4.42 Å². The van der Waals surface area contributed by atoms with Crippen LogP contribution >= 0.6 is 0 Å². The summed E-state index contributed by atoms with van der Waals surface area (Å²) in [7, 11) is 0. The molecule has 0 spiro atoms. The minimum absolute atomic E-state index is 0.121. The van der Waals surface area contributed by atoms with E-state index in [0.717, 1.165) is 62.8 Å². The van der Waals surface area contributed by atoms with Crippen LogP contribution in [0.4, 0.5) is 0 Å². The highest BCUT2D eigenvalue weighted by molar-refractivity contribution is 5.95. The van der Waals surface area contributed by atoms with Crippen molar-refractivity contribution in [3.8, 4) is 0 Å². The summed E-state index contributed by atoms with van der Waals surface area (Å²) in [5.74, 6) is 1.72. The molecule has 1 saturated heterocycles. The molecule has 0 bridgehead atoms. The van der Waals surface area contributed by atoms with Crippen molar-refractivity contribution in [1.29, 1.82) is 0 Å². The van der Waals surface area contributed by atoms with Crippen LogP contribution in [0, 0.1) is 5.92 Å². The smallest absolute Gasteiger partial charge is 0.257 e. The number of carbonyl (C=O) groups excluding carboxylic acids is 1. The van der Waals surface area contributed by atoms with Crippen LogP contribution in [0.2, 0.25) is 0 Å². The average Bonchev–Trinajstić information content (AvgIpc) is 3.07. The molecule has 2 saturated carbocycles. The van der Waals surface area contributed by atoms with Crippen LogP contribution in [0.15, 0.2) is 16.7 Å². The van der Waals surface area contributed by atoms with E-state index in [1.54, 1.807) is 6.26 Å². The minimum Gasteiger partial charge on any atom is -0.468 e. The van der Waals surface area contributed by atoms with Crippen LogP contribution in [0.5, 0.6) is 0 Å². The fraction of sp³-hybridized carbons (Fsp3) is 0.722. The monoisotopic (exact) mass is 303 g/mol. The number of carbonyl (C=O) groups is 1. The molecule has 3 fully saturated rings.